The van der Waals surface area contributed by atoms with Crippen LogP contribution in [0.2, 0.25) is 0 Å². The predicted molar refractivity (Wildman–Crippen MR) is 120 cm³/mol. The quantitative estimate of drug-likeness (QED) is 0.355. The van der Waals surface area contributed by atoms with Gasteiger partial charge in [-0.2, -0.15) is 0 Å². The number of hydrogen-bond donors (Lipinski definition) is 0. The number of nitro groups is 1. The van der Waals surface area contributed by atoms with Gasteiger partial charge in [-0.05, 0) is 36.0 Å². The van der Waals surface area contributed by atoms with Gasteiger partial charge in [-0.1, -0.05) is 42.5 Å². The van der Waals surface area contributed by atoms with Crippen LogP contribution in [0.4, 0.5) is 5.69 Å². The first kappa shape index (κ1) is 19.4. The molecule has 1 aliphatic carbocycles. The number of non-ortho nitro benzene ring substituents is 1. The lowest BCUT2D eigenvalue weighted by atomic mass is 10.1. The first-order valence-electron chi connectivity index (χ1n) is 10.1. The monoisotopic (exact) mass is 433 g/mol. The number of aryl methyl sites for hydroxylation is 2. The number of thiophene rings is 1. The molecule has 0 N–H and O–H groups in total. The highest BCUT2D eigenvalue weighted by Crippen LogP contribution is 2.35. The molecule has 0 aliphatic heterocycles. The van der Waals surface area contributed by atoms with Gasteiger partial charge in [-0.15, -0.1) is 11.3 Å². The van der Waals surface area contributed by atoms with Gasteiger partial charge >= 0.3 is 5.69 Å². The number of aromatic nitrogens is 2. The zero-order valence-corrected chi connectivity index (χ0v) is 17.4. The fourth-order valence-electron chi connectivity index (χ4n) is 4.21. The fraction of sp³-hybridized carbons (Fsp3) is 0.217. The Bertz CT molecular complexity index is 1420. The lowest BCUT2D eigenvalue weighted by Crippen LogP contribution is -2.40. The van der Waals surface area contributed by atoms with Gasteiger partial charge < -0.3 is 0 Å². The van der Waals surface area contributed by atoms with Crippen LogP contribution >= 0.6 is 11.3 Å². The average molecular weight is 433 g/mol. The topological polar surface area (TPSA) is 87.1 Å². The second-order valence-electron chi connectivity index (χ2n) is 7.71. The van der Waals surface area contributed by atoms with Gasteiger partial charge in [0.1, 0.15) is 4.83 Å². The van der Waals surface area contributed by atoms with Crippen molar-refractivity contribution in [3.05, 3.63) is 107 Å². The smallest absolute Gasteiger partial charge is 0.280 e. The number of rotatable bonds is 5. The summed E-state index contributed by atoms with van der Waals surface area (Å²) in [4.78, 5) is 39.2. The third-order valence-electron chi connectivity index (χ3n) is 5.74. The molecule has 0 fully saturated rings. The molecule has 8 heteroatoms. The van der Waals surface area contributed by atoms with Crippen LogP contribution in [0.25, 0.3) is 10.2 Å². The van der Waals surface area contributed by atoms with E-state index in [1.807, 2.05) is 30.3 Å². The van der Waals surface area contributed by atoms with Gasteiger partial charge in [-0.25, -0.2) is 4.79 Å². The Kier molecular flexibility index (Phi) is 4.78. The molecule has 0 amide bonds. The third-order valence-corrected chi connectivity index (χ3v) is 7.05. The van der Waals surface area contributed by atoms with Gasteiger partial charge in [0.25, 0.3) is 11.2 Å². The van der Waals surface area contributed by atoms with E-state index in [0.717, 1.165) is 36.0 Å². The van der Waals surface area contributed by atoms with Gasteiger partial charge in [0.2, 0.25) is 0 Å². The molecule has 2 heterocycles. The van der Waals surface area contributed by atoms with E-state index in [9.17, 15) is 19.7 Å². The molecule has 156 valence electrons. The average Bonchev–Trinajstić information content (AvgIpc) is 3.37. The summed E-state index contributed by atoms with van der Waals surface area (Å²) in [5, 5.41) is 11.6. The van der Waals surface area contributed by atoms with E-state index in [4.69, 9.17) is 0 Å². The summed E-state index contributed by atoms with van der Waals surface area (Å²) in [7, 11) is 0. The lowest BCUT2D eigenvalue weighted by molar-refractivity contribution is -0.384. The number of nitrogens with zero attached hydrogens (tertiary/aromatic N) is 3. The van der Waals surface area contributed by atoms with E-state index in [1.54, 1.807) is 16.7 Å². The first-order valence-corrected chi connectivity index (χ1v) is 10.9. The number of benzene rings is 2. The summed E-state index contributed by atoms with van der Waals surface area (Å²) in [6.45, 7) is 0.459. The molecule has 0 bridgehead atoms. The fourth-order valence-corrected chi connectivity index (χ4v) is 5.58. The van der Waals surface area contributed by atoms with Gasteiger partial charge in [-0.3, -0.25) is 24.0 Å². The Balaban J connectivity index is 1.68. The van der Waals surface area contributed by atoms with E-state index in [2.05, 4.69) is 0 Å². The van der Waals surface area contributed by atoms with Crippen molar-refractivity contribution < 1.29 is 4.92 Å². The van der Waals surface area contributed by atoms with Crippen molar-refractivity contribution in [1.29, 1.82) is 0 Å². The van der Waals surface area contributed by atoms with Crippen LogP contribution in [0.3, 0.4) is 0 Å². The van der Waals surface area contributed by atoms with Crippen molar-refractivity contribution >= 4 is 27.2 Å². The van der Waals surface area contributed by atoms with Crippen molar-refractivity contribution in [2.24, 2.45) is 0 Å². The number of nitro benzene ring substituents is 1. The first-order chi connectivity index (χ1) is 15.0. The van der Waals surface area contributed by atoms with Crippen molar-refractivity contribution in [2.45, 2.75) is 32.4 Å². The molecule has 2 aromatic carbocycles. The van der Waals surface area contributed by atoms with Crippen molar-refractivity contribution in [3.8, 4) is 0 Å². The Hall–Kier alpha value is -3.52. The molecule has 0 radical (unpaired) electrons. The Morgan fingerprint density at radius 2 is 1.58 bits per heavy atom. The summed E-state index contributed by atoms with van der Waals surface area (Å²) < 4.78 is 2.96. The van der Waals surface area contributed by atoms with E-state index in [0.29, 0.717) is 10.2 Å². The molecule has 2 aromatic heterocycles. The van der Waals surface area contributed by atoms with Crippen LogP contribution in [0.1, 0.15) is 28.0 Å². The molecule has 4 aromatic rings. The zero-order chi connectivity index (χ0) is 21.5. The molecule has 1 aliphatic rings. The minimum atomic E-state index is -0.446. The normalized spacial score (nSPS) is 12.9. The minimum Gasteiger partial charge on any atom is -0.280 e. The van der Waals surface area contributed by atoms with Crippen LogP contribution in [-0.4, -0.2) is 14.1 Å². The molecule has 0 spiro atoms. The summed E-state index contributed by atoms with van der Waals surface area (Å²) in [6.07, 6.45) is 2.81. The highest BCUT2D eigenvalue weighted by molar-refractivity contribution is 7.18. The van der Waals surface area contributed by atoms with Crippen LogP contribution < -0.4 is 11.2 Å². The number of hydrogen-bond acceptors (Lipinski definition) is 5. The van der Waals surface area contributed by atoms with Crippen LogP contribution in [0.5, 0.6) is 0 Å². The van der Waals surface area contributed by atoms with Crippen molar-refractivity contribution in [2.75, 3.05) is 0 Å². The molecule has 0 saturated carbocycles. The minimum absolute atomic E-state index is 0.00499. The summed E-state index contributed by atoms with van der Waals surface area (Å²) in [5.74, 6) is 0. The number of fused-ring (bicyclic) bond motifs is 3. The van der Waals surface area contributed by atoms with Crippen molar-refractivity contribution in [3.63, 3.8) is 0 Å². The maximum Gasteiger partial charge on any atom is 0.332 e. The van der Waals surface area contributed by atoms with E-state index >= 15 is 0 Å². The molecular formula is C23H19N3O4S. The van der Waals surface area contributed by atoms with Gasteiger partial charge in [0.05, 0.1) is 23.4 Å². The predicted octanol–water partition coefficient (Wildman–Crippen LogP) is 3.72. The lowest BCUT2D eigenvalue weighted by Gasteiger charge is -2.13. The zero-order valence-electron chi connectivity index (χ0n) is 16.6. The molecule has 5 rings (SSSR count). The second kappa shape index (κ2) is 7.63. The third kappa shape index (κ3) is 3.38. The molecule has 0 atom stereocenters. The maximum absolute atomic E-state index is 13.4. The molecule has 0 unspecified atom stereocenters. The van der Waals surface area contributed by atoms with Crippen molar-refractivity contribution in [1.82, 2.24) is 9.13 Å². The standard InChI is InChI=1S/C23H19N3O4S/c27-21-20-18-7-4-8-19(18)31-22(20)25(14-16-9-11-17(12-10-16)26(29)30)23(28)24(21)13-15-5-2-1-3-6-15/h1-3,5-6,9-12H,4,7-8,13-14H2. The second-order valence-corrected chi connectivity index (χ2v) is 8.79. The highest BCUT2D eigenvalue weighted by atomic mass is 32.1. The molecule has 31 heavy (non-hydrogen) atoms. The summed E-state index contributed by atoms with van der Waals surface area (Å²) in [5.41, 5.74) is 2.14. The Morgan fingerprint density at radius 1 is 0.903 bits per heavy atom. The largest absolute Gasteiger partial charge is 0.332 e. The van der Waals surface area contributed by atoms with E-state index in [1.165, 1.54) is 32.9 Å². The Labute approximate surface area is 181 Å². The van der Waals surface area contributed by atoms with Crippen LogP contribution in [0.15, 0.2) is 64.2 Å². The van der Waals surface area contributed by atoms with Gasteiger partial charge in [0, 0.05) is 17.0 Å². The van der Waals surface area contributed by atoms with Crippen LogP contribution in [-0.2, 0) is 25.9 Å². The molecular weight excluding hydrogens is 414 g/mol. The van der Waals surface area contributed by atoms with E-state index in [-0.39, 0.29) is 30.0 Å². The van der Waals surface area contributed by atoms with Crippen LogP contribution in [0, 0.1) is 10.1 Å². The molecule has 7 nitrogen and oxygen atoms in total. The summed E-state index contributed by atoms with van der Waals surface area (Å²) >= 11 is 1.53. The van der Waals surface area contributed by atoms with Gasteiger partial charge in [0.15, 0.2) is 0 Å². The molecule has 0 saturated heterocycles. The maximum atomic E-state index is 13.4. The highest BCUT2D eigenvalue weighted by Gasteiger charge is 2.24. The SMILES string of the molecule is O=c1c2c3c(sc2n(Cc2ccc([N+](=O)[O-])cc2)c(=O)n1Cc1ccccc1)CCC3. The van der Waals surface area contributed by atoms with E-state index < -0.39 is 4.92 Å². The summed E-state index contributed by atoms with van der Waals surface area (Å²) in [6, 6.07) is 15.7. The Morgan fingerprint density at radius 3 is 2.29 bits per heavy atom.